The molecular weight excluding hydrogens is 320 g/mol. The molecule has 0 radical (unpaired) electrons. The van der Waals surface area contributed by atoms with Gasteiger partial charge < -0.3 is 10.6 Å². The Morgan fingerprint density at radius 1 is 1.16 bits per heavy atom. The van der Waals surface area contributed by atoms with Gasteiger partial charge in [0.1, 0.15) is 6.04 Å². The molecule has 0 aliphatic rings. The number of aryl methyl sites for hydroxylation is 2. The lowest BCUT2D eigenvalue weighted by Crippen LogP contribution is -2.46. The SMILES string of the molecule is CNC(=O)[C@H](CC(C)C)NC(=O)CCn1c(=O)n(C)c2ccccc21. The van der Waals surface area contributed by atoms with E-state index in [1.165, 1.54) is 0 Å². The van der Waals surface area contributed by atoms with Gasteiger partial charge in [-0.15, -0.1) is 0 Å². The van der Waals surface area contributed by atoms with E-state index >= 15 is 0 Å². The van der Waals surface area contributed by atoms with Gasteiger partial charge in [-0.25, -0.2) is 4.79 Å². The summed E-state index contributed by atoms with van der Waals surface area (Å²) in [4.78, 5) is 36.5. The number of fused-ring (bicyclic) bond motifs is 1. The Morgan fingerprint density at radius 2 is 1.80 bits per heavy atom. The number of para-hydroxylation sites is 2. The van der Waals surface area contributed by atoms with Gasteiger partial charge in [0, 0.05) is 27.1 Å². The van der Waals surface area contributed by atoms with Crippen molar-refractivity contribution in [3.63, 3.8) is 0 Å². The van der Waals surface area contributed by atoms with Crippen molar-refractivity contribution in [3.8, 4) is 0 Å². The maximum absolute atomic E-state index is 12.4. The van der Waals surface area contributed by atoms with Crippen molar-refractivity contribution >= 4 is 22.8 Å². The Labute approximate surface area is 147 Å². The molecule has 7 nitrogen and oxygen atoms in total. The second-order valence-corrected chi connectivity index (χ2v) is 6.60. The van der Waals surface area contributed by atoms with E-state index in [1.54, 1.807) is 23.2 Å². The van der Waals surface area contributed by atoms with Crippen LogP contribution >= 0.6 is 0 Å². The van der Waals surface area contributed by atoms with Crippen molar-refractivity contribution in [2.24, 2.45) is 13.0 Å². The summed E-state index contributed by atoms with van der Waals surface area (Å²) >= 11 is 0. The number of carbonyl (C=O) groups excluding carboxylic acids is 2. The van der Waals surface area contributed by atoms with Crippen LogP contribution in [0.3, 0.4) is 0 Å². The van der Waals surface area contributed by atoms with E-state index < -0.39 is 6.04 Å². The zero-order valence-corrected chi connectivity index (χ0v) is 15.2. The summed E-state index contributed by atoms with van der Waals surface area (Å²) in [5, 5.41) is 5.34. The van der Waals surface area contributed by atoms with Gasteiger partial charge in [-0.1, -0.05) is 26.0 Å². The maximum atomic E-state index is 12.4. The van der Waals surface area contributed by atoms with Gasteiger partial charge in [0.2, 0.25) is 11.8 Å². The third-order valence-electron chi connectivity index (χ3n) is 4.22. The van der Waals surface area contributed by atoms with Crippen LogP contribution in [0.1, 0.15) is 26.7 Å². The highest BCUT2D eigenvalue weighted by Gasteiger charge is 2.21. The summed E-state index contributed by atoms with van der Waals surface area (Å²) in [6, 6.07) is 6.92. The number of imidazole rings is 1. The van der Waals surface area contributed by atoms with Gasteiger partial charge in [-0.2, -0.15) is 0 Å². The molecule has 0 spiro atoms. The molecule has 0 aliphatic heterocycles. The lowest BCUT2D eigenvalue weighted by molar-refractivity contribution is -0.129. The van der Waals surface area contributed by atoms with E-state index in [9.17, 15) is 14.4 Å². The van der Waals surface area contributed by atoms with Crippen LogP contribution in [0.25, 0.3) is 11.0 Å². The molecule has 2 amide bonds. The average molecular weight is 346 g/mol. The molecule has 2 N–H and O–H groups in total. The van der Waals surface area contributed by atoms with Gasteiger partial charge in [0.05, 0.1) is 11.0 Å². The van der Waals surface area contributed by atoms with Crippen molar-refractivity contribution in [1.29, 1.82) is 0 Å². The van der Waals surface area contributed by atoms with Crippen molar-refractivity contribution in [3.05, 3.63) is 34.7 Å². The Bertz CT molecular complexity index is 819. The summed E-state index contributed by atoms with van der Waals surface area (Å²) in [6.07, 6.45) is 0.707. The first kappa shape index (κ1) is 18.8. The lowest BCUT2D eigenvalue weighted by Gasteiger charge is -2.19. The number of hydrogen-bond acceptors (Lipinski definition) is 3. The zero-order chi connectivity index (χ0) is 18.6. The van der Waals surface area contributed by atoms with Crippen molar-refractivity contribution in [1.82, 2.24) is 19.8 Å². The highest BCUT2D eigenvalue weighted by atomic mass is 16.2. The number of hydrogen-bond donors (Lipinski definition) is 2. The molecule has 25 heavy (non-hydrogen) atoms. The normalized spacial score (nSPS) is 12.4. The lowest BCUT2D eigenvalue weighted by atomic mass is 10.0. The molecule has 0 saturated carbocycles. The first-order valence-electron chi connectivity index (χ1n) is 8.50. The number of rotatable bonds is 7. The summed E-state index contributed by atoms with van der Waals surface area (Å²) < 4.78 is 3.16. The molecule has 0 fully saturated rings. The first-order chi connectivity index (χ1) is 11.8. The van der Waals surface area contributed by atoms with Gasteiger partial charge in [0.25, 0.3) is 0 Å². The number of likely N-dealkylation sites (N-methyl/N-ethyl adjacent to an activating group) is 1. The predicted octanol–water partition coefficient (Wildman–Crippen LogP) is 1.01. The average Bonchev–Trinajstić information content (AvgIpc) is 2.83. The van der Waals surface area contributed by atoms with Crippen molar-refractivity contribution in [2.75, 3.05) is 7.05 Å². The van der Waals surface area contributed by atoms with Crippen LogP contribution in [0.15, 0.2) is 29.1 Å². The molecular formula is C18H26N4O3. The molecule has 7 heteroatoms. The van der Waals surface area contributed by atoms with E-state index in [4.69, 9.17) is 0 Å². The molecule has 1 aromatic carbocycles. The Balaban J connectivity index is 2.08. The van der Waals surface area contributed by atoms with E-state index in [-0.39, 0.29) is 36.4 Å². The van der Waals surface area contributed by atoms with Crippen molar-refractivity contribution in [2.45, 2.75) is 39.3 Å². The maximum Gasteiger partial charge on any atom is 0.328 e. The van der Waals surface area contributed by atoms with Gasteiger partial charge >= 0.3 is 5.69 Å². The Morgan fingerprint density at radius 3 is 2.40 bits per heavy atom. The minimum atomic E-state index is -0.554. The van der Waals surface area contributed by atoms with Crippen LogP contribution in [0.2, 0.25) is 0 Å². The third-order valence-corrected chi connectivity index (χ3v) is 4.22. The number of amides is 2. The number of nitrogens with one attached hydrogen (secondary N) is 2. The van der Waals surface area contributed by atoms with Crippen LogP contribution in [-0.4, -0.2) is 34.0 Å². The molecule has 136 valence electrons. The smallest absolute Gasteiger partial charge is 0.328 e. The topological polar surface area (TPSA) is 85.1 Å². The standard InChI is InChI=1S/C18H26N4O3/c1-12(2)11-13(17(24)19-3)20-16(23)9-10-22-15-8-6-5-7-14(15)21(4)18(22)25/h5-8,12-13H,9-11H2,1-4H3,(H,19,24)(H,20,23)/t13-/m0/s1. The Kier molecular flexibility index (Phi) is 6.01. The number of benzene rings is 1. The predicted molar refractivity (Wildman–Crippen MR) is 97.2 cm³/mol. The third kappa shape index (κ3) is 4.29. The fraction of sp³-hybridized carbons (Fsp3) is 0.500. The Hall–Kier alpha value is -2.57. The van der Waals surface area contributed by atoms with Crippen molar-refractivity contribution < 1.29 is 9.59 Å². The fourth-order valence-electron chi connectivity index (χ4n) is 2.94. The second-order valence-electron chi connectivity index (χ2n) is 6.60. The highest BCUT2D eigenvalue weighted by molar-refractivity contribution is 5.87. The molecule has 2 aromatic rings. The number of carbonyl (C=O) groups is 2. The molecule has 0 bridgehead atoms. The van der Waals surface area contributed by atoms with E-state index in [0.717, 1.165) is 11.0 Å². The quantitative estimate of drug-likeness (QED) is 0.784. The van der Waals surface area contributed by atoms with Crippen LogP contribution in [-0.2, 0) is 23.2 Å². The molecule has 1 aromatic heterocycles. The van der Waals surface area contributed by atoms with E-state index in [2.05, 4.69) is 10.6 Å². The minimum absolute atomic E-state index is 0.138. The van der Waals surface area contributed by atoms with Gasteiger partial charge in [-0.3, -0.25) is 18.7 Å². The summed E-state index contributed by atoms with van der Waals surface area (Å²) in [5.74, 6) is -0.165. The van der Waals surface area contributed by atoms with E-state index in [0.29, 0.717) is 6.42 Å². The second kappa shape index (κ2) is 8.00. The van der Waals surface area contributed by atoms with E-state index in [1.807, 2.05) is 38.1 Å². The van der Waals surface area contributed by atoms with Crippen LogP contribution in [0.4, 0.5) is 0 Å². The van der Waals surface area contributed by atoms with Crippen LogP contribution < -0.4 is 16.3 Å². The largest absolute Gasteiger partial charge is 0.357 e. The molecule has 0 aliphatic carbocycles. The molecule has 0 unspecified atom stereocenters. The molecule has 1 atom stereocenters. The number of aromatic nitrogens is 2. The van der Waals surface area contributed by atoms with Gasteiger partial charge in [-0.05, 0) is 24.5 Å². The number of nitrogens with zero attached hydrogens (tertiary/aromatic N) is 2. The fourth-order valence-corrected chi connectivity index (χ4v) is 2.94. The first-order valence-corrected chi connectivity index (χ1v) is 8.50. The molecule has 0 saturated heterocycles. The highest BCUT2D eigenvalue weighted by Crippen LogP contribution is 2.12. The molecule has 2 rings (SSSR count). The zero-order valence-electron chi connectivity index (χ0n) is 15.2. The summed E-state index contributed by atoms with van der Waals surface area (Å²) in [5.41, 5.74) is 1.47. The molecule has 1 heterocycles. The van der Waals surface area contributed by atoms with Gasteiger partial charge in [0.15, 0.2) is 0 Å². The van der Waals surface area contributed by atoms with Crippen LogP contribution in [0.5, 0.6) is 0 Å². The monoisotopic (exact) mass is 346 g/mol. The summed E-state index contributed by atoms with van der Waals surface area (Å²) in [6.45, 7) is 4.27. The minimum Gasteiger partial charge on any atom is -0.357 e. The van der Waals surface area contributed by atoms with Crippen LogP contribution in [0, 0.1) is 5.92 Å². The summed E-state index contributed by atoms with van der Waals surface area (Å²) in [7, 11) is 3.27.